The highest BCUT2D eigenvalue weighted by Crippen LogP contribution is 2.19. The van der Waals surface area contributed by atoms with Crippen molar-refractivity contribution in [2.45, 2.75) is 26.2 Å². The van der Waals surface area contributed by atoms with Crippen LogP contribution in [-0.2, 0) is 11.2 Å². The molecule has 0 aromatic carbocycles. The van der Waals surface area contributed by atoms with Crippen molar-refractivity contribution < 1.29 is 4.79 Å². The van der Waals surface area contributed by atoms with E-state index in [4.69, 9.17) is 0 Å². The molecule has 1 saturated heterocycles. The first-order valence-corrected chi connectivity index (χ1v) is 8.56. The number of aromatic nitrogens is 2. The normalized spacial score (nSPS) is 18.3. The molecule has 0 bridgehead atoms. The number of aryl methyl sites for hydroxylation is 1. The van der Waals surface area contributed by atoms with Crippen LogP contribution in [0.25, 0.3) is 0 Å². The van der Waals surface area contributed by atoms with Crippen molar-refractivity contribution in [1.82, 2.24) is 14.9 Å². The third kappa shape index (κ3) is 4.61. The number of nitrogens with zero attached hydrogens (tertiary/aromatic N) is 3. The van der Waals surface area contributed by atoms with Gasteiger partial charge >= 0.3 is 0 Å². The summed E-state index contributed by atoms with van der Waals surface area (Å²) in [6.07, 6.45) is 6.67. The van der Waals surface area contributed by atoms with Gasteiger partial charge in [0, 0.05) is 31.2 Å². The van der Waals surface area contributed by atoms with Gasteiger partial charge in [-0.05, 0) is 62.6 Å². The van der Waals surface area contributed by atoms with Crippen LogP contribution in [0.2, 0.25) is 0 Å². The van der Waals surface area contributed by atoms with Crippen LogP contribution in [0.3, 0.4) is 0 Å². The maximum absolute atomic E-state index is 12.5. The van der Waals surface area contributed by atoms with Gasteiger partial charge in [0.15, 0.2) is 0 Å². The number of likely N-dealkylation sites (tertiary alicyclic amines) is 1. The van der Waals surface area contributed by atoms with Gasteiger partial charge in [0.1, 0.15) is 5.82 Å². The van der Waals surface area contributed by atoms with Gasteiger partial charge in [-0.15, -0.1) is 0 Å². The van der Waals surface area contributed by atoms with Gasteiger partial charge in [-0.25, -0.2) is 4.98 Å². The molecule has 1 atom stereocenters. The third-order valence-electron chi connectivity index (χ3n) is 4.48. The van der Waals surface area contributed by atoms with E-state index in [9.17, 15) is 4.79 Å². The first-order valence-electron chi connectivity index (χ1n) is 8.56. The smallest absolute Gasteiger partial charge is 0.229 e. The van der Waals surface area contributed by atoms with Gasteiger partial charge < -0.3 is 10.2 Å². The predicted molar refractivity (Wildman–Crippen MR) is 94.7 cm³/mol. The van der Waals surface area contributed by atoms with Crippen molar-refractivity contribution in [2.24, 2.45) is 5.92 Å². The second-order valence-electron chi connectivity index (χ2n) is 6.40. The molecule has 1 N–H and O–H groups in total. The SMILES string of the molecule is Cc1cccc(NC(=O)[C@@H]2CCCN(CCc3ccncc3)C2)n1. The number of piperidine rings is 1. The lowest BCUT2D eigenvalue weighted by atomic mass is 9.96. The van der Waals surface area contributed by atoms with E-state index in [1.54, 1.807) is 0 Å². The highest BCUT2D eigenvalue weighted by molar-refractivity contribution is 5.91. The summed E-state index contributed by atoms with van der Waals surface area (Å²) in [5.74, 6) is 0.772. The molecule has 0 saturated carbocycles. The van der Waals surface area contributed by atoms with E-state index in [1.807, 2.05) is 37.5 Å². The Kier molecular flexibility index (Phi) is 5.54. The molecule has 0 unspecified atom stereocenters. The quantitative estimate of drug-likeness (QED) is 0.919. The predicted octanol–water partition coefficient (Wildman–Crippen LogP) is 2.68. The number of carbonyl (C=O) groups excluding carboxylic acids is 1. The van der Waals surface area contributed by atoms with Crippen molar-refractivity contribution in [2.75, 3.05) is 25.0 Å². The molecule has 3 rings (SSSR count). The van der Waals surface area contributed by atoms with E-state index in [-0.39, 0.29) is 11.8 Å². The van der Waals surface area contributed by atoms with Crippen molar-refractivity contribution in [3.05, 3.63) is 54.0 Å². The Labute approximate surface area is 143 Å². The van der Waals surface area contributed by atoms with Gasteiger partial charge in [-0.1, -0.05) is 6.07 Å². The summed E-state index contributed by atoms with van der Waals surface area (Å²) in [6.45, 7) is 4.80. The molecule has 1 amide bonds. The topological polar surface area (TPSA) is 58.1 Å². The van der Waals surface area contributed by atoms with E-state index < -0.39 is 0 Å². The van der Waals surface area contributed by atoms with Crippen LogP contribution in [0.1, 0.15) is 24.1 Å². The van der Waals surface area contributed by atoms with Gasteiger partial charge in [0.25, 0.3) is 0 Å². The van der Waals surface area contributed by atoms with E-state index >= 15 is 0 Å². The van der Waals surface area contributed by atoms with Crippen LogP contribution in [-0.4, -0.2) is 40.4 Å². The van der Waals surface area contributed by atoms with Crippen LogP contribution in [0.5, 0.6) is 0 Å². The van der Waals surface area contributed by atoms with Crippen LogP contribution in [0.4, 0.5) is 5.82 Å². The van der Waals surface area contributed by atoms with E-state index in [2.05, 4.69) is 32.3 Å². The van der Waals surface area contributed by atoms with E-state index in [1.165, 1.54) is 5.56 Å². The number of nitrogens with one attached hydrogen (secondary N) is 1. The molecular formula is C19H24N4O. The summed E-state index contributed by atoms with van der Waals surface area (Å²) in [7, 11) is 0. The highest BCUT2D eigenvalue weighted by Gasteiger charge is 2.25. The molecule has 2 aromatic rings. The van der Waals surface area contributed by atoms with Crippen LogP contribution >= 0.6 is 0 Å². The van der Waals surface area contributed by atoms with Crippen molar-refractivity contribution in [1.29, 1.82) is 0 Å². The van der Waals surface area contributed by atoms with Crippen molar-refractivity contribution in [3.8, 4) is 0 Å². The summed E-state index contributed by atoms with van der Waals surface area (Å²) in [5.41, 5.74) is 2.20. The third-order valence-corrected chi connectivity index (χ3v) is 4.48. The van der Waals surface area contributed by atoms with Crippen molar-refractivity contribution in [3.63, 3.8) is 0 Å². The minimum Gasteiger partial charge on any atom is -0.310 e. The minimum atomic E-state index is 0.0403. The van der Waals surface area contributed by atoms with E-state index in [0.29, 0.717) is 5.82 Å². The number of carbonyl (C=O) groups is 1. The Morgan fingerprint density at radius 3 is 2.92 bits per heavy atom. The Hall–Kier alpha value is -2.27. The highest BCUT2D eigenvalue weighted by atomic mass is 16.2. The average Bonchev–Trinajstić information content (AvgIpc) is 2.61. The number of anilines is 1. The first kappa shape index (κ1) is 16.6. The van der Waals surface area contributed by atoms with Crippen LogP contribution in [0.15, 0.2) is 42.7 Å². The number of hydrogen-bond donors (Lipinski definition) is 1. The molecule has 1 aliphatic rings. The molecule has 5 nitrogen and oxygen atoms in total. The summed E-state index contributed by atoms with van der Waals surface area (Å²) in [6, 6.07) is 9.79. The van der Waals surface area contributed by atoms with Crippen LogP contribution in [0, 0.1) is 12.8 Å². The number of hydrogen-bond acceptors (Lipinski definition) is 4. The zero-order chi connectivity index (χ0) is 16.8. The van der Waals surface area contributed by atoms with Gasteiger partial charge in [0.2, 0.25) is 5.91 Å². The molecule has 24 heavy (non-hydrogen) atoms. The monoisotopic (exact) mass is 324 g/mol. The number of rotatable bonds is 5. The van der Waals surface area contributed by atoms with Crippen molar-refractivity contribution >= 4 is 11.7 Å². The van der Waals surface area contributed by atoms with Gasteiger partial charge in [-0.3, -0.25) is 9.78 Å². The molecule has 2 aromatic heterocycles. The lowest BCUT2D eigenvalue weighted by Gasteiger charge is -2.31. The zero-order valence-corrected chi connectivity index (χ0v) is 14.1. The molecule has 1 fully saturated rings. The maximum atomic E-state index is 12.5. The summed E-state index contributed by atoms with van der Waals surface area (Å²) in [5, 5.41) is 2.96. The largest absolute Gasteiger partial charge is 0.310 e. The standard InChI is InChI=1S/C19H24N4O/c1-15-4-2-6-18(21-15)22-19(24)17-5-3-12-23(14-17)13-9-16-7-10-20-11-8-16/h2,4,6-8,10-11,17H,3,5,9,12-14H2,1H3,(H,21,22,24)/t17-/m1/s1. The minimum absolute atomic E-state index is 0.0403. The molecule has 126 valence electrons. The molecular weight excluding hydrogens is 300 g/mol. The zero-order valence-electron chi connectivity index (χ0n) is 14.1. The first-order chi connectivity index (χ1) is 11.7. The lowest BCUT2D eigenvalue weighted by Crippen LogP contribution is -2.41. The number of pyridine rings is 2. The summed E-state index contributed by atoms with van der Waals surface area (Å²) < 4.78 is 0. The molecule has 1 aliphatic heterocycles. The second-order valence-corrected chi connectivity index (χ2v) is 6.40. The Bertz CT molecular complexity index is 674. The average molecular weight is 324 g/mol. The van der Waals surface area contributed by atoms with Gasteiger partial charge in [-0.2, -0.15) is 0 Å². The summed E-state index contributed by atoms with van der Waals surface area (Å²) in [4.78, 5) is 23.3. The Morgan fingerprint density at radius 2 is 2.12 bits per heavy atom. The fourth-order valence-corrected chi connectivity index (χ4v) is 3.15. The number of amides is 1. The van der Waals surface area contributed by atoms with Gasteiger partial charge in [0.05, 0.1) is 5.92 Å². The molecule has 0 aliphatic carbocycles. The molecule has 5 heteroatoms. The van der Waals surface area contributed by atoms with E-state index in [0.717, 1.165) is 44.6 Å². The second kappa shape index (κ2) is 8.02. The van der Waals surface area contributed by atoms with Crippen LogP contribution < -0.4 is 5.32 Å². The summed E-state index contributed by atoms with van der Waals surface area (Å²) >= 11 is 0. The lowest BCUT2D eigenvalue weighted by molar-refractivity contribution is -0.121. The fourth-order valence-electron chi connectivity index (χ4n) is 3.15. The molecule has 3 heterocycles. The Balaban J connectivity index is 1.52. The maximum Gasteiger partial charge on any atom is 0.229 e. The fraction of sp³-hybridized carbons (Fsp3) is 0.421. The molecule has 0 spiro atoms. The molecule has 0 radical (unpaired) electrons. The Morgan fingerprint density at radius 1 is 1.29 bits per heavy atom.